The quantitative estimate of drug-likeness (QED) is 0.529. The van der Waals surface area contributed by atoms with Gasteiger partial charge >= 0.3 is 0 Å². The van der Waals surface area contributed by atoms with Gasteiger partial charge < -0.3 is 9.72 Å². The average molecular weight is 274 g/mol. The predicted molar refractivity (Wildman–Crippen MR) is 72.8 cm³/mol. The Labute approximate surface area is 114 Å². The van der Waals surface area contributed by atoms with Crippen molar-refractivity contribution in [2.24, 2.45) is 5.92 Å². The molecular formula is C14H14N2O4. The number of H-pyrrole nitrogens is 1. The molecule has 1 aromatic heterocycles. The number of hydrogen-bond acceptors (Lipinski definition) is 4. The van der Waals surface area contributed by atoms with Crippen molar-refractivity contribution in [3.63, 3.8) is 0 Å². The fourth-order valence-corrected chi connectivity index (χ4v) is 2.68. The molecule has 1 atom stereocenters. The summed E-state index contributed by atoms with van der Waals surface area (Å²) in [6, 6.07) is 4.76. The van der Waals surface area contributed by atoms with E-state index in [1.807, 2.05) is 0 Å². The first kappa shape index (κ1) is 12.8. The van der Waals surface area contributed by atoms with Gasteiger partial charge in [0.1, 0.15) is 0 Å². The second-order valence-electron chi connectivity index (χ2n) is 4.94. The number of nitro groups is 1. The van der Waals surface area contributed by atoms with E-state index in [9.17, 15) is 14.9 Å². The van der Waals surface area contributed by atoms with Gasteiger partial charge in [-0.3, -0.25) is 14.9 Å². The molecule has 104 valence electrons. The van der Waals surface area contributed by atoms with Crippen LogP contribution in [0.1, 0.15) is 23.2 Å². The van der Waals surface area contributed by atoms with Gasteiger partial charge in [0, 0.05) is 24.8 Å². The maximum absolute atomic E-state index is 12.5. The molecule has 1 N–H and O–H groups in total. The number of benzene rings is 1. The van der Waals surface area contributed by atoms with Crippen LogP contribution in [-0.4, -0.2) is 28.9 Å². The van der Waals surface area contributed by atoms with Crippen LogP contribution in [0.4, 0.5) is 5.69 Å². The molecule has 0 bridgehead atoms. The van der Waals surface area contributed by atoms with Crippen LogP contribution in [0.3, 0.4) is 0 Å². The molecule has 3 rings (SSSR count). The molecule has 0 aliphatic carbocycles. The standard InChI is InChI=1S/C14H14N2O4/c17-14(9-3-2-6-20-8-9)10-7-15-11-4-1-5-12(13(10)11)16(18)19/h1,4-5,7,9,15H,2-3,6,8H2. The summed E-state index contributed by atoms with van der Waals surface area (Å²) in [6.07, 6.45) is 3.18. The van der Waals surface area contributed by atoms with E-state index in [1.165, 1.54) is 6.07 Å². The number of carbonyl (C=O) groups is 1. The van der Waals surface area contributed by atoms with Crippen molar-refractivity contribution in [3.05, 3.63) is 40.1 Å². The third kappa shape index (κ3) is 2.08. The molecule has 0 saturated carbocycles. The van der Waals surface area contributed by atoms with E-state index >= 15 is 0 Å². The molecule has 20 heavy (non-hydrogen) atoms. The number of carbonyl (C=O) groups excluding carboxylic acids is 1. The van der Waals surface area contributed by atoms with Crippen molar-refractivity contribution in [2.75, 3.05) is 13.2 Å². The fourth-order valence-electron chi connectivity index (χ4n) is 2.68. The third-order valence-corrected chi connectivity index (χ3v) is 3.68. The van der Waals surface area contributed by atoms with E-state index in [0.29, 0.717) is 29.7 Å². The lowest BCUT2D eigenvalue weighted by molar-refractivity contribution is -0.383. The Morgan fingerprint density at radius 2 is 2.30 bits per heavy atom. The number of nitro benzene ring substituents is 1. The number of fused-ring (bicyclic) bond motifs is 1. The first-order valence-corrected chi connectivity index (χ1v) is 6.55. The smallest absolute Gasteiger partial charge is 0.279 e. The SMILES string of the molecule is O=C(c1c[nH]c2cccc([N+](=O)[O-])c12)C1CCCOC1. The van der Waals surface area contributed by atoms with Crippen LogP contribution >= 0.6 is 0 Å². The highest BCUT2D eigenvalue weighted by atomic mass is 16.6. The largest absolute Gasteiger partial charge is 0.381 e. The Kier molecular flexibility index (Phi) is 3.23. The lowest BCUT2D eigenvalue weighted by Gasteiger charge is -2.20. The average Bonchev–Trinajstić information content (AvgIpc) is 2.91. The number of hydrogen-bond donors (Lipinski definition) is 1. The molecule has 0 spiro atoms. The van der Waals surface area contributed by atoms with Crippen LogP contribution in [0.2, 0.25) is 0 Å². The zero-order chi connectivity index (χ0) is 14.1. The van der Waals surface area contributed by atoms with E-state index in [4.69, 9.17) is 4.74 Å². The summed E-state index contributed by atoms with van der Waals surface area (Å²) in [5, 5.41) is 11.5. The van der Waals surface area contributed by atoms with E-state index in [1.54, 1.807) is 18.3 Å². The van der Waals surface area contributed by atoms with Crippen LogP contribution in [0.5, 0.6) is 0 Å². The van der Waals surface area contributed by atoms with Crippen molar-refractivity contribution in [3.8, 4) is 0 Å². The molecule has 1 aliphatic rings. The van der Waals surface area contributed by atoms with Crippen molar-refractivity contribution in [1.29, 1.82) is 0 Å². The lowest BCUT2D eigenvalue weighted by Crippen LogP contribution is -2.25. The van der Waals surface area contributed by atoms with Gasteiger partial charge in [-0.2, -0.15) is 0 Å². The highest BCUT2D eigenvalue weighted by Gasteiger charge is 2.27. The predicted octanol–water partition coefficient (Wildman–Crippen LogP) is 2.69. The summed E-state index contributed by atoms with van der Waals surface area (Å²) in [5.41, 5.74) is 0.964. The molecule has 1 aromatic carbocycles. The Morgan fingerprint density at radius 3 is 3.00 bits per heavy atom. The molecule has 1 aliphatic heterocycles. The van der Waals surface area contributed by atoms with Crippen molar-refractivity contribution in [2.45, 2.75) is 12.8 Å². The third-order valence-electron chi connectivity index (χ3n) is 3.68. The van der Waals surface area contributed by atoms with Gasteiger partial charge in [-0.1, -0.05) is 6.07 Å². The monoisotopic (exact) mass is 274 g/mol. The van der Waals surface area contributed by atoms with Gasteiger partial charge in [0.2, 0.25) is 0 Å². The minimum Gasteiger partial charge on any atom is -0.381 e. The van der Waals surface area contributed by atoms with Gasteiger partial charge in [0.15, 0.2) is 5.78 Å². The molecule has 0 radical (unpaired) electrons. The molecule has 1 unspecified atom stereocenters. The molecule has 6 nitrogen and oxygen atoms in total. The van der Waals surface area contributed by atoms with Crippen molar-refractivity contribution < 1.29 is 14.5 Å². The topological polar surface area (TPSA) is 85.2 Å². The Hall–Kier alpha value is -2.21. The maximum atomic E-state index is 12.5. The molecule has 0 amide bonds. The molecule has 2 aromatic rings. The number of ether oxygens (including phenoxy) is 1. The summed E-state index contributed by atoms with van der Waals surface area (Å²) in [5.74, 6) is -0.284. The summed E-state index contributed by atoms with van der Waals surface area (Å²) < 4.78 is 5.33. The fraction of sp³-hybridized carbons (Fsp3) is 0.357. The van der Waals surface area contributed by atoms with Gasteiger partial charge in [-0.25, -0.2) is 0 Å². The minimum atomic E-state index is -0.454. The zero-order valence-corrected chi connectivity index (χ0v) is 10.8. The lowest BCUT2D eigenvalue weighted by atomic mass is 9.92. The Bertz CT molecular complexity index is 671. The van der Waals surface area contributed by atoms with E-state index < -0.39 is 4.92 Å². The van der Waals surface area contributed by atoms with Gasteiger partial charge in [-0.05, 0) is 18.9 Å². The maximum Gasteiger partial charge on any atom is 0.279 e. The molecule has 1 fully saturated rings. The van der Waals surface area contributed by atoms with Crippen molar-refractivity contribution in [1.82, 2.24) is 4.98 Å². The highest BCUT2D eigenvalue weighted by molar-refractivity contribution is 6.11. The number of aromatic nitrogens is 1. The van der Waals surface area contributed by atoms with E-state index in [0.717, 1.165) is 12.8 Å². The van der Waals surface area contributed by atoms with Crippen LogP contribution < -0.4 is 0 Å². The summed E-state index contributed by atoms with van der Waals surface area (Å²) in [4.78, 5) is 26.1. The Balaban J connectivity index is 2.07. The minimum absolute atomic E-state index is 0.0381. The molecule has 6 heteroatoms. The second kappa shape index (κ2) is 5.05. The number of Topliss-reactive ketones (excluding diaryl/α,β-unsaturated/α-hetero) is 1. The Morgan fingerprint density at radius 1 is 1.45 bits per heavy atom. The first-order valence-electron chi connectivity index (χ1n) is 6.55. The second-order valence-corrected chi connectivity index (χ2v) is 4.94. The molecule has 1 saturated heterocycles. The summed E-state index contributed by atoms with van der Waals surface area (Å²) >= 11 is 0. The first-order chi connectivity index (χ1) is 9.68. The van der Waals surface area contributed by atoms with Gasteiger partial charge in [0.05, 0.1) is 28.0 Å². The zero-order valence-electron chi connectivity index (χ0n) is 10.8. The summed E-state index contributed by atoms with van der Waals surface area (Å²) in [7, 11) is 0. The number of nitrogens with zero attached hydrogens (tertiary/aromatic N) is 1. The van der Waals surface area contributed by atoms with Crippen molar-refractivity contribution >= 4 is 22.4 Å². The van der Waals surface area contributed by atoms with Gasteiger partial charge in [-0.15, -0.1) is 0 Å². The number of ketones is 1. The highest BCUT2D eigenvalue weighted by Crippen LogP contribution is 2.31. The summed E-state index contributed by atoms with van der Waals surface area (Å²) in [6.45, 7) is 1.07. The van der Waals surface area contributed by atoms with E-state index in [-0.39, 0.29) is 17.4 Å². The van der Waals surface area contributed by atoms with Crippen LogP contribution in [-0.2, 0) is 4.74 Å². The molecule has 2 heterocycles. The number of rotatable bonds is 3. The van der Waals surface area contributed by atoms with Gasteiger partial charge in [0.25, 0.3) is 5.69 Å². The van der Waals surface area contributed by atoms with Crippen LogP contribution in [0, 0.1) is 16.0 Å². The van der Waals surface area contributed by atoms with E-state index in [2.05, 4.69) is 4.98 Å². The number of aromatic amines is 1. The number of non-ortho nitro benzene ring substituents is 1. The molecular weight excluding hydrogens is 260 g/mol. The normalized spacial score (nSPS) is 19.1. The van der Waals surface area contributed by atoms with Crippen LogP contribution in [0.25, 0.3) is 10.9 Å². The number of nitrogens with one attached hydrogen (secondary N) is 1. The van der Waals surface area contributed by atoms with Crippen LogP contribution in [0.15, 0.2) is 24.4 Å².